The highest BCUT2D eigenvalue weighted by atomic mass is 16.7. The van der Waals surface area contributed by atoms with Crippen molar-refractivity contribution in [1.82, 2.24) is 4.57 Å². The van der Waals surface area contributed by atoms with E-state index in [4.69, 9.17) is 9.47 Å². The predicted octanol–water partition coefficient (Wildman–Crippen LogP) is 3.56. The van der Waals surface area contributed by atoms with Gasteiger partial charge in [-0.05, 0) is 36.4 Å². The van der Waals surface area contributed by atoms with Crippen molar-refractivity contribution in [2.45, 2.75) is 20.3 Å². The van der Waals surface area contributed by atoms with Crippen molar-refractivity contribution in [2.24, 2.45) is 0 Å². The minimum atomic E-state index is -0.484. The zero-order chi connectivity index (χ0) is 20.0. The second kappa shape index (κ2) is 6.53. The van der Waals surface area contributed by atoms with Crippen molar-refractivity contribution in [2.75, 3.05) is 6.79 Å². The standard InChI is InChI=1S/C21H17NO6/c1-3-16(24)12-4-6-15-14(8-12)19(21(26)22(15)11(2)23)20(25)13-5-7-17-18(9-13)28-10-27-17/h4-9,26H,3,10H2,1-2H3. The summed E-state index contributed by atoms with van der Waals surface area (Å²) in [6.45, 7) is 3.10. The summed E-state index contributed by atoms with van der Waals surface area (Å²) < 4.78 is 11.6. The van der Waals surface area contributed by atoms with Crippen LogP contribution in [0.1, 0.15) is 51.3 Å². The van der Waals surface area contributed by atoms with Crippen molar-refractivity contribution in [3.8, 4) is 17.4 Å². The normalized spacial score (nSPS) is 12.4. The topological polar surface area (TPSA) is 94.8 Å². The highest BCUT2D eigenvalue weighted by Gasteiger charge is 2.27. The molecule has 4 rings (SSSR count). The van der Waals surface area contributed by atoms with E-state index in [-0.39, 0.29) is 23.7 Å². The molecule has 7 heteroatoms. The van der Waals surface area contributed by atoms with Crippen molar-refractivity contribution in [3.05, 3.63) is 53.1 Å². The largest absolute Gasteiger partial charge is 0.494 e. The van der Waals surface area contributed by atoms with E-state index in [1.165, 1.54) is 13.0 Å². The highest BCUT2D eigenvalue weighted by molar-refractivity contribution is 6.20. The molecule has 0 bridgehead atoms. The Morgan fingerprint density at radius 1 is 1.04 bits per heavy atom. The summed E-state index contributed by atoms with van der Waals surface area (Å²) in [5, 5.41) is 11.0. The number of aromatic hydroxyl groups is 1. The number of carbonyl (C=O) groups is 3. The summed E-state index contributed by atoms with van der Waals surface area (Å²) in [4.78, 5) is 37.4. The Balaban J connectivity index is 1.94. The van der Waals surface area contributed by atoms with Crippen LogP contribution in [0, 0.1) is 0 Å². The van der Waals surface area contributed by atoms with E-state index in [2.05, 4.69) is 0 Å². The lowest BCUT2D eigenvalue weighted by Crippen LogP contribution is -2.06. The maximum absolute atomic E-state index is 13.2. The van der Waals surface area contributed by atoms with Gasteiger partial charge in [-0.2, -0.15) is 0 Å². The van der Waals surface area contributed by atoms with Gasteiger partial charge in [0.25, 0.3) is 0 Å². The van der Waals surface area contributed by atoms with Crippen LogP contribution in [0.25, 0.3) is 10.9 Å². The van der Waals surface area contributed by atoms with Crippen LogP contribution in [-0.2, 0) is 0 Å². The number of hydrogen-bond acceptors (Lipinski definition) is 6. The van der Waals surface area contributed by atoms with Crippen molar-refractivity contribution >= 4 is 28.4 Å². The Bertz CT molecular complexity index is 1160. The lowest BCUT2D eigenvalue weighted by Gasteiger charge is -2.04. The average Bonchev–Trinajstić information content (AvgIpc) is 3.26. The number of Topliss-reactive ketones (excluding diaryl/α,β-unsaturated/α-hetero) is 1. The van der Waals surface area contributed by atoms with Gasteiger partial charge in [-0.1, -0.05) is 6.92 Å². The molecule has 0 unspecified atom stereocenters. The second-order valence-corrected chi connectivity index (χ2v) is 6.46. The molecule has 0 spiro atoms. The highest BCUT2D eigenvalue weighted by Crippen LogP contribution is 2.37. The Kier molecular flexibility index (Phi) is 4.15. The van der Waals surface area contributed by atoms with Gasteiger partial charge in [-0.25, -0.2) is 0 Å². The van der Waals surface area contributed by atoms with Crippen LogP contribution < -0.4 is 9.47 Å². The molecule has 0 aliphatic carbocycles. The van der Waals surface area contributed by atoms with Crippen LogP contribution in [0.15, 0.2) is 36.4 Å². The summed E-state index contributed by atoms with van der Waals surface area (Å²) >= 11 is 0. The molecule has 0 radical (unpaired) electrons. The van der Waals surface area contributed by atoms with E-state index in [1.54, 1.807) is 37.3 Å². The number of carbonyl (C=O) groups excluding carboxylic acids is 3. The molecule has 1 aliphatic heterocycles. The molecule has 1 aliphatic rings. The number of rotatable bonds is 4. The molecule has 0 amide bonds. The molecule has 0 saturated heterocycles. The lowest BCUT2D eigenvalue weighted by molar-refractivity contribution is 0.0931. The average molecular weight is 379 g/mol. The second-order valence-electron chi connectivity index (χ2n) is 6.46. The third-order valence-electron chi connectivity index (χ3n) is 4.76. The molecule has 1 N–H and O–H groups in total. The maximum Gasteiger partial charge on any atom is 0.231 e. The first-order valence-corrected chi connectivity index (χ1v) is 8.78. The third kappa shape index (κ3) is 2.63. The first-order chi connectivity index (χ1) is 13.4. The van der Waals surface area contributed by atoms with Gasteiger partial charge >= 0.3 is 0 Å². The van der Waals surface area contributed by atoms with E-state index in [0.717, 1.165) is 4.57 Å². The van der Waals surface area contributed by atoms with Gasteiger partial charge in [0, 0.05) is 29.9 Å². The zero-order valence-electron chi connectivity index (χ0n) is 15.3. The Morgan fingerprint density at radius 2 is 1.75 bits per heavy atom. The fraction of sp³-hybridized carbons (Fsp3) is 0.190. The van der Waals surface area contributed by atoms with Crippen LogP contribution in [0.5, 0.6) is 17.4 Å². The predicted molar refractivity (Wildman–Crippen MR) is 101 cm³/mol. The number of ketones is 2. The van der Waals surface area contributed by atoms with E-state index in [1.807, 2.05) is 0 Å². The zero-order valence-corrected chi connectivity index (χ0v) is 15.3. The number of hydrogen-bond donors (Lipinski definition) is 1. The molecule has 28 heavy (non-hydrogen) atoms. The molecule has 0 atom stereocenters. The monoisotopic (exact) mass is 379 g/mol. The van der Waals surface area contributed by atoms with Crippen LogP contribution in [-0.4, -0.2) is 33.9 Å². The van der Waals surface area contributed by atoms with Crippen molar-refractivity contribution in [1.29, 1.82) is 0 Å². The molecule has 7 nitrogen and oxygen atoms in total. The summed E-state index contributed by atoms with van der Waals surface area (Å²) in [5.41, 5.74) is 1.02. The molecule has 142 valence electrons. The molecular formula is C21H17NO6. The van der Waals surface area contributed by atoms with E-state index in [9.17, 15) is 19.5 Å². The molecule has 0 fully saturated rings. The Morgan fingerprint density at radius 3 is 2.46 bits per heavy atom. The molecule has 3 aromatic rings. The number of benzene rings is 2. The molecule has 2 heterocycles. The van der Waals surface area contributed by atoms with E-state index >= 15 is 0 Å². The van der Waals surface area contributed by atoms with Crippen molar-refractivity contribution in [3.63, 3.8) is 0 Å². The maximum atomic E-state index is 13.2. The summed E-state index contributed by atoms with van der Waals surface area (Å²) in [5.74, 6) is -0.515. The molecule has 1 aromatic heterocycles. The Labute approximate surface area is 160 Å². The van der Waals surface area contributed by atoms with Gasteiger partial charge in [0.15, 0.2) is 23.1 Å². The number of ether oxygens (including phenoxy) is 2. The summed E-state index contributed by atoms with van der Waals surface area (Å²) in [6, 6.07) is 9.40. The van der Waals surface area contributed by atoms with Gasteiger partial charge in [0.05, 0.1) is 11.1 Å². The van der Waals surface area contributed by atoms with Gasteiger partial charge in [-0.15, -0.1) is 0 Å². The van der Waals surface area contributed by atoms with Gasteiger partial charge in [0.1, 0.15) is 0 Å². The SMILES string of the molecule is CCC(=O)c1ccc2c(c1)c(C(=O)c1ccc3c(c1)OCO3)c(O)n2C(C)=O. The number of nitrogens with zero attached hydrogens (tertiary/aromatic N) is 1. The number of aromatic nitrogens is 1. The van der Waals surface area contributed by atoms with Gasteiger partial charge in [0.2, 0.25) is 18.6 Å². The third-order valence-corrected chi connectivity index (χ3v) is 4.76. The van der Waals surface area contributed by atoms with Gasteiger partial charge < -0.3 is 14.6 Å². The lowest BCUT2D eigenvalue weighted by atomic mass is 9.99. The number of fused-ring (bicyclic) bond motifs is 2. The first-order valence-electron chi connectivity index (χ1n) is 8.78. The van der Waals surface area contributed by atoms with Crippen LogP contribution in [0.4, 0.5) is 0 Å². The smallest absolute Gasteiger partial charge is 0.231 e. The van der Waals surface area contributed by atoms with Crippen LogP contribution >= 0.6 is 0 Å². The van der Waals surface area contributed by atoms with Crippen LogP contribution in [0.3, 0.4) is 0 Å². The van der Waals surface area contributed by atoms with Gasteiger partial charge in [-0.3, -0.25) is 19.0 Å². The van der Waals surface area contributed by atoms with E-state index in [0.29, 0.717) is 34.4 Å². The quantitative estimate of drug-likeness (QED) is 0.697. The minimum absolute atomic E-state index is 0.0326. The van der Waals surface area contributed by atoms with E-state index < -0.39 is 17.6 Å². The molecular weight excluding hydrogens is 362 g/mol. The minimum Gasteiger partial charge on any atom is -0.494 e. The fourth-order valence-electron chi connectivity index (χ4n) is 3.38. The fourth-order valence-corrected chi connectivity index (χ4v) is 3.38. The molecule has 0 saturated carbocycles. The molecule has 2 aromatic carbocycles. The first kappa shape index (κ1) is 17.8. The summed E-state index contributed by atoms with van der Waals surface area (Å²) in [6.07, 6.45) is 0.302. The van der Waals surface area contributed by atoms with Crippen LogP contribution in [0.2, 0.25) is 0 Å². The van der Waals surface area contributed by atoms with Crippen molar-refractivity contribution < 1.29 is 29.0 Å². The summed E-state index contributed by atoms with van der Waals surface area (Å²) in [7, 11) is 0. The Hall–Kier alpha value is -3.61.